The monoisotopic (exact) mass is 292 g/mol. The van der Waals surface area contributed by atoms with E-state index in [-0.39, 0.29) is 6.42 Å². The van der Waals surface area contributed by atoms with Gasteiger partial charge in [0.25, 0.3) is 0 Å². The third-order valence-electron chi connectivity index (χ3n) is 3.16. The number of hydrogen-bond acceptors (Lipinski definition) is 4. The second-order valence-corrected chi connectivity index (χ2v) is 5.60. The number of aliphatic carboxylic acids is 1. The molecule has 0 aromatic heterocycles. The van der Waals surface area contributed by atoms with Crippen LogP contribution in [0.5, 0.6) is 0 Å². The van der Waals surface area contributed by atoms with E-state index >= 15 is 0 Å². The Morgan fingerprint density at radius 2 is 2.25 bits per heavy atom. The standard InChI is InChI=1S/C15H20N2O2S/c1-11(6-7-15(18)19)8-9-17-13-4-3-5-14(20-2)12(13)10-16/h3-5,11,17H,6-9H2,1-2H3,(H,18,19). The molecule has 4 nitrogen and oxygen atoms in total. The molecule has 0 saturated heterocycles. The Balaban J connectivity index is 2.50. The van der Waals surface area contributed by atoms with Gasteiger partial charge in [-0.3, -0.25) is 4.79 Å². The summed E-state index contributed by atoms with van der Waals surface area (Å²) in [5.41, 5.74) is 1.53. The Morgan fingerprint density at radius 1 is 1.50 bits per heavy atom. The summed E-state index contributed by atoms with van der Waals surface area (Å²) >= 11 is 1.56. The highest BCUT2D eigenvalue weighted by Gasteiger charge is 2.08. The summed E-state index contributed by atoms with van der Waals surface area (Å²) in [4.78, 5) is 11.5. The summed E-state index contributed by atoms with van der Waals surface area (Å²) in [5.74, 6) is -0.392. The first-order valence-corrected chi connectivity index (χ1v) is 7.83. The highest BCUT2D eigenvalue weighted by Crippen LogP contribution is 2.26. The van der Waals surface area contributed by atoms with Gasteiger partial charge < -0.3 is 10.4 Å². The quantitative estimate of drug-likeness (QED) is 0.716. The van der Waals surface area contributed by atoms with Crippen LogP contribution in [0.25, 0.3) is 0 Å². The molecule has 0 radical (unpaired) electrons. The van der Waals surface area contributed by atoms with E-state index < -0.39 is 5.97 Å². The molecule has 2 N–H and O–H groups in total. The minimum absolute atomic E-state index is 0.215. The first-order valence-electron chi connectivity index (χ1n) is 6.61. The van der Waals surface area contributed by atoms with Gasteiger partial charge in [0.15, 0.2) is 0 Å². The van der Waals surface area contributed by atoms with E-state index in [1.807, 2.05) is 31.4 Å². The Hall–Kier alpha value is -1.67. The Bertz CT molecular complexity index is 497. The van der Waals surface area contributed by atoms with Crippen molar-refractivity contribution in [3.63, 3.8) is 0 Å². The van der Waals surface area contributed by atoms with Crippen LogP contribution < -0.4 is 5.32 Å². The second-order valence-electron chi connectivity index (χ2n) is 4.75. The van der Waals surface area contributed by atoms with Crippen molar-refractivity contribution in [3.8, 4) is 6.07 Å². The number of carbonyl (C=O) groups is 1. The number of thioether (sulfide) groups is 1. The number of nitrogens with zero attached hydrogens (tertiary/aromatic N) is 1. The zero-order valence-corrected chi connectivity index (χ0v) is 12.7. The molecule has 1 atom stereocenters. The van der Waals surface area contributed by atoms with E-state index in [9.17, 15) is 10.1 Å². The fraction of sp³-hybridized carbons (Fsp3) is 0.467. The lowest BCUT2D eigenvalue weighted by atomic mass is 10.0. The van der Waals surface area contributed by atoms with Crippen LogP contribution in [0.15, 0.2) is 23.1 Å². The molecule has 0 bridgehead atoms. The molecule has 0 aliphatic heterocycles. The Morgan fingerprint density at radius 3 is 2.85 bits per heavy atom. The lowest BCUT2D eigenvalue weighted by molar-refractivity contribution is -0.137. The lowest BCUT2D eigenvalue weighted by Gasteiger charge is -2.13. The number of anilines is 1. The smallest absolute Gasteiger partial charge is 0.303 e. The van der Waals surface area contributed by atoms with Gasteiger partial charge in [0.05, 0.1) is 11.3 Å². The van der Waals surface area contributed by atoms with Gasteiger partial charge in [0, 0.05) is 17.9 Å². The van der Waals surface area contributed by atoms with Crippen LogP contribution in [-0.2, 0) is 4.79 Å². The second kappa shape index (κ2) is 8.49. The van der Waals surface area contributed by atoms with E-state index in [4.69, 9.17) is 5.11 Å². The summed E-state index contributed by atoms with van der Waals surface area (Å²) in [6.07, 6.45) is 3.75. The highest BCUT2D eigenvalue weighted by molar-refractivity contribution is 7.98. The van der Waals surface area contributed by atoms with Gasteiger partial charge in [-0.05, 0) is 37.1 Å². The van der Waals surface area contributed by atoms with Crippen LogP contribution in [0, 0.1) is 17.2 Å². The number of carboxylic acid groups (broad SMARTS) is 1. The van der Waals surface area contributed by atoms with Gasteiger partial charge >= 0.3 is 5.97 Å². The fourth-order valence-electron chi connectivity index (χ4n) is 1.93. The van der Waals surface area contributed by atoms with Crippen molar-refractivity contribution in [2.24, 2.45) is 5.92 Å². The molecule has 1 rings (SSSR count). The number of hydrogen-bond donors (Lipinski definition) is 2. The molecule has 5 heteroatoms. The maximum absolute atomic E-state index is 10.5. The molecule has 20 heavy (non-hydrogen) atoms. The normalized spacial score (nSPS) is 11.7. The van der Waals surface area contributed by atoms with Gasteiger partial charge in [-0.25, -0.2) is 0 Å². The van der Waals surface area contributed by atoms with Crippen molar-refractivity contribution in [1.29, 1.82) is 5.26 Å². The molecule has 0 amide bonds. The van der Waals surface area contributed by atoms with Crippen molar-refractivity contribution in [2.45, 2.75) is 31.1 Å². The number of carboxylic acids is 1. The molecule has 0 fully saturated rings. The summed E-state index contributed by atoms with van der Waals surface area (Å²) in [5, 5.41) is 21.1. The molecular weight excluding hydrogens is 272 g/mol. The molecule has 0 aliphatic carbocycles. The topological polar surface area (TPSA) is 73.1 Å². The molecule has 0 saturated carbocycles. The number of nitriles is 1. The maximum atomic E-state index is 10.5. The molecule has 0 heterocycles. The third-order valence-corrected chi connectivity index (χ3v) is 3.94. The third kappa shape index (κ3) is 5.14. The van der Waals surface area contributed by atoms with E-state index in [1.54, 1.807) is 11.8 Å². The largest absolute Gasteiger partial charge is 0.481 e. The van der Waals surface area contributed by atoms with E-state index in [2.05, 4.69) is 11.4 Å². The van der Waals surface area contributed by atoms with Crippen LogP contribution in [0.1, 0.15) is 31.7 Å². The summed E-state index contributed by atoms with van der Waals surface area (Å²) < 4.78 is 0. The molecule has 0 aliphatic rings. The predicted molar refractivity (Wildman–Crippen MR) is 82.1 cm³/mol. The van der Waals surface area contributed by atoms with Crippen LogP contribution in [-0.4, -0.2) is 23.9 Å². The average molecular weight is 292 g/mol. The Labute approximate surface area is 124 Å². The van der Waals surface area contributed by atoms with E-state index in [1.165, 1.54) is 0 Å². The number of benzene rings is 1. The van der Waals surface area contributed by atoms with Crippen molar-refractivity contribution >= 4 is 23.4 Å². The van der Waals surface area contributed by atoms with Gasteiger partial charge in [-0.1, -0.05) is 13.0 Å². The van der Waals surface area contributed by atoms with Crippen molar-refractivity contribution in [2.75, 3.05) is 18.1 Å². The lowest BCUT2D eigenvalue weighted by Crippen LogP contribution is -2.09. The number of rotatable bonds is 8. The van der Waals surface area contributed by atoms with Crippen molar-refractivity contribution < 1.29 is 9.90 Å². The first-order chi connectivity index (χ1) is 9.58. The van der Waals surface area contributed by atoms with Crippen molar-refractivity contribution in [1.82, 2.24) is 0 Å². The molecule has 1 aromatic carbocycles. The van der Waals surface area contributed by atoms with Crippen LogP contribution in [0.2, 0.25) is 0 Å². The minimum Gasteiger partial charge on any atom is -0.481 e. The molecule has 108 valence electrons. The zero-order valence-electron chi connectivity index (χ0n) is 11.8. The average Bonchev–Trinajstić information content (AvgIpc) is 2.44. The van der Waals surface area contributed by atoms with Crippen LogP contribution in [0.3, 0.4) is 0 Å². The number of nitrogens with one attached hydrogen (secondary N) is 1. The van der Waals surface area contributed by atoms with Gasteiger partial charge in [0.2, 0.25) is 0 Å². The first kappa shape index (κ1) is 16.4. The summed E-state index contributed by atoms with van der Waals surface area (Å²) in [7, 11) is 0. The van der Waals surface area contributed by atoms with E-state index in [0.29, 0.717) is 17.9 Å². The van der Waals surface area contributed by atoms with Gasteiger partial charge in [-0.15, -0.1) is 11.8 Å². The maximum Gasteiger partial charge on any atom is 0.303 e. The molecule has 0 spiro atoms. The summed E-state index contributed by atoms with van der Waals surface area (Å²) in [6.45, 7) is 2.79. The highest BCUT2D eigenvalue weighted by atomic mass is 32.2. The van der Waals surface area contributed by atoms with Gasteiger partial charge in [-0.2, -0.15) is 5.26 Å². The SMILES string of the molecule is CSc1cccc(NCCC(C)CCC(=O)O)c1C#N. The minimum atomic E-state index is -0.746. The molecule has 1 unspecified atom stereocenters. The van der Waals surface area contributed by atoms with Gasteiger partial charge in [0.1, 0.15) is 6.07 Å². The van der Waals surface area contributed by atoms with Crippen LogP contribution >= 0.6 is 11.8 Å². The van der Waals surface area contributed by atoms with Crippen molar-refractivity contribution in [3.05, 3.63) is 23.8 Å². The summed E-state index contributed by atoms with van der Waals surface area (Å²) in [6, 6.07) is 8.00. The van der Waals surface area contributed by atoms with E-state index in [0.717, 1.165) is 23.5 Å². The molecular formula is C15H20N2O2S. The Kier molecular flexibility index (Phi) is 6.96. The predicted octanol–water partition coefficient (Wildman–Crippen LogP) is 3.58. The zero-order chi connectivity index (χ0) is 15.0. The fourth-order valence-corrected chi connectivity index (χ4v) is 2.51. The van der Waals surface area contributed by atoms with Crippen LogP contribution in [0.4, 0.5) is 5.69 Å². The molecule has 1 aromatic rings.